The first-order chi connectivity index (χ1) is 57.0. The molecule has 18 aromatic rings. The standard InChI is InChI=1S/18C3H3NO.6ClHO4.3Fe/c18*1-2-4-5-3-1;6*2-1(3,4)5;;;/h18*1-3H;6*(H,2,3,4,5);;;/q;;;;;;;;;;;;;;;;;;;;;;;;3*+2/p-6. The predicted octanol–water partition coefficient (Wildman–Crippen LogP) is -16.4. The molecular formula is C54H54Cl6Fe3N18O42. The first-order valence-electron chi connectivity index (χ1n) is 27.9. The third-order valence-electron chi connectivity index (χ3n) is 6.25. The van der Waals surface area contributed by atoms with E-state index in [1.807, 2.05) is 0 Å². The Hall–Kier alpha value is -11.9. The minimum atomic E-state index is -4.94. The second-order valence-corrected chi connectivity index (χ2v) is 19.2. The summed E-state index contributed by atoms with van der Waals surface area (Å²) < 4.78 is 282. The number of aromatic nitrogens is 18. The Morgan fingerprint density at radius 3 is 0.154 bits per heavy atom. The van der Waals surface area contributed by atoms with Gasteiger partial charge in [0, 0.05) is 0 Å². The summed E-state index contributed by atoms with van der Waals surface area (Å²) in [6.45, 7) is 0. The van der Waals surface area contributed by atoms with Crippen molar-refractivity contribution < 1.29 is 306 Å². The van der Waals surface area contributed by atoms with Gasteiger partial charge in [0.05, 0.1) is 112 Å². The second-order valence-electron chi connectivity index (χ2n) is 14.7. The van der Waals surface area contributed by atoms with Crippen LogP contribution in [0.5, 0.6) is 0 Å². The van der Waals surface area contributed by atoms with Gasteiger partial charge in [0.1, 0.15) is 113 Å². The van der Waals surface area contributed by atoms with E-state index in [0.717, 1.165) is 0 Å². The van der Waals surface area contributed by atoms with Crippen molar-refractivity contribution in [2.24, 2.45) is 0 Å². The van der Waals surface area contributed by atoms with E-state index < -0.39 is 61.5 Å². The summed E-state index contributed by atoms with van der Waals surface area (Å²) in [6, 6.07) is 31.0. The molecule has 18 rings (SSSR count). The molecule has 0 radical (unpaired) electrons. The molecule has 0 unspecified atom stereocenters. The molecule has 69 heteroatoms. The fraction of sp³-hybridized carbons (Fsp3) is 0. The number of rotatable bonds is 0. The molecule has 678 valence electrons. The molecule has 0 aromatic carbocycles. The molecule has 0 saturated carbocycles. The molecule has 0 spiro atoms. The van der Waals surface area contributed by atoms with Crippen LogP contribution in [0.1, 0.15) is 0 Å². The van der Waals surface area contributed by atoms with Gasteiger partial charge in [-0.25, -0.2) is 112 Å². The normalized spacial score (nSPS) is 8.78. The van der Waals surface area contributed by atoms with Crippen molar-refractivity contribution in [1.29, 1.82) is 0 Å². The number of nitrogens with zero attached hydrogens (tertiary/aromatic N) is 18. The van der Waals surface area contributed by atoms with Gasteiger partial charge in [0.2, 0.25) is 0 Å². The van der Waals surface area contributed by atoms with Crippen LogP contribution in [0.4, 0.5) is 0 Å². The minimum absolute atomic E-state index is 0. The molecule has 0 aliphatic heterocycles. The summed E-state index contributed by atoms with van der Waals surface area (Å²) in [7, 11) is -29.7. The maximum Gasteiger partial charge on any atom is 2.00 e. The van der Waals surface area contributed by atoms with Gasteiger partial charge in [-0.15, -0.1) is 61.5 Å². The molecule has 0 fully saturated rings. The van der Waals surface area contributed by atoms with Crippen LogP contribution in [0.3, 0.4) is 0 Å². The van der Waals surface area contributed by atoms with Crippen molar-refractivity contribution in [2.75, 3.05) is 0 Å². The molecule has 0 amide bonds. The third kappa shape index (κ3) is 211. The Balaban J connectivity index is -0.000000157. The van der Waals surface area contributed by atoms with Crippen molar-refractivity contribution in [3.05, 3.63) is 333 Å². The van der Waals surface area contributed by atoms with Crippen LogP contribution in [-0.4, -0.2) is 92.8 Å². The quantitative estimate of drug-likeness (QED) is 0.127. The summed E-state index contributed by atoms with van der Waals surface area (Å²) in [5.74, 6) is 0. The van der Waals surface area contributed by atoms with Crippen molar-refractivity contribution in [2.45, 2.75) is 0 Å². The van der Waals surface area contributed by atoms with E-state index in [1.165, 1.54) is 113 Å². The Labute approximate surface area is 728 Å². The predicted molar refractivity (Wildman–Crippen MR) is 297 cm³/mol. The van der Waals surface area contributed by atoms with Crippen LogP contribution in [0.2, 0.25) is 0 Å². The maximum absolute atomic E-state index is 8.49. The van der Waals surface area contributed by atoms with Crippen LogP contribution in [0.25, 0.3) is 0 Å². The zero-order valence-electron chi connectivity index (χ0n) is 59.7. The molecule has 0 atom stereocenters. The third-order valence-corrected chi connectivity index (χ3v) is 6.25. The summed E-state index contributed by atoms with van der Waals surface area (Å²) in [5.41, 5.74) is 0. The van der Waals surface area contributed by atoms with Gasteiger partial charge in [-0.3, -0.25) is 0 Å². The van der Waals surface area contributed by atoms with Crippen molar-refractivity contribution in [3.8, 4) is 0 Å². The van der Waals surface area contributed by atoms with Crippen molar-refractivity contribution >= 4 is 0 Å². The number of hydrogen-bond donors (Lipinski definition) is 0. The van der Waals surface area contributed by atoms with E-state index in [4.69, 9.17) is 112 Å². The van der Waals surface area contributed by atoms with E-state index in [0.29, 0.717) is 0 Å². The Morgan fingerprint density at radius 1 is 0.106 bits per heavy atom. The zero-order chi connectivity index (χ0) is 90.6. The second kappa shape index (κ2) is 101. The Kier molecular flexibility index (Phi) is 106. The van der Waals surface area contributed by atoms with Crippen molar-refractivity contribution in [3.63, 3.8) is 0 Å². The Morgan fingerprint density at radius 2 is 0.146 bits per heavy atom. The molecule has 0 aliphatic carbocycles. The smallest absolute Gasteiger partial charge is 0.365 e. The summed E-state index contributed by atoms with van der Waals surface area (Å²) in [6.07, 6.45) is 55.7. The van der Waals surface area contributed by atoms with Crippen LogP contribution in [-0.2, 0) is 51.2 Å². The van der Waals surface area contributed by atoms with Crippen LogP contribution < -0.4 is 112 Å². The van der Waals surface area contributed by atoms with Gasteiger partial charge in [0.15, 0.2) is 0 Å². The fourth-order valence-electron chi connectivity index (χ4n) is 3.16. The number of hydrogen-bond acceptors (Lipinski definition) is 60. The SMILES string of the molecule is [Fe+2].[Fe+2].[Fe+2].[O-][Cl+3]([O-])([O-])[O-].[O-][Cl+3]([O-])([O-])[O-].[O-][Cl+3]([O-])([O-])[O-].[O-][Cl+3]([O-])([O-])[O-].[O-][Cl+3]([O-])([O-])[O-].[O-][Cl+3]([O-])([O-])[O-].c1cnoc1.c1cnoc1.c1cnoc1.c1cnoc1.c1cnoc1.c1cnoc1.c1cnoc1.c1cnoc1.c1cnoc1.c1cnoc1.c1cnoc1.c1cnoc1.c1cnoc1.c1cnoc1.c1cnoc1.c1cnoc1.c1cnoc1.c1cnoc1. The van der Waals surface area contributed by atoms with E-state index in [1.54, 1.807) is 221 Å². The largest absolute Gasteiger partial charge is 2.00 e. The average Bonchev–Trinajstić information content (AvgIpc) is 2.07. The van der Waals surface area contributed by atoms with E-state index in [9.17, 15) is 0 Å². The molecule has 0 N–H and O–H groups in total. The average molecular weight is 2010 g/mol. The topological polar surface area (TPSA) is 1020 Å². The van der Waals surface area contributed by atoms with E-state index >= 15 is 0 Å². The molecule has 18 heterocycles. The monoisotopic (exact) mass is 2000 g/mol. The van der Waals surface area contributed by atoms with Gasteiger partial charge in [-0.1, -0.05) is 92.8 Å². The van der Waals surface area contributed by atoms with E-state index in [-0.39, 0.29) is 51.2 Å². The van der Waals surface area contributed by atoms with Gasteiger partial charge in [-0.05, 0) is 109 Å². The molecule has 123 heavy (non-hydrogen) atoms. The summed E-state index contributed by atoms with van der Waals surface area (Å²) in [5, 5.41) is 60.2. The van der Waals surface area contributed by atoms with Gasteiger partial charge >= 0.3 is 51.2 Å². The fourth-order valence-corrected chi connectivity index (χ4v) is 3.16. The molecule has 0 bridgehead atoms. The molecule has 60 nitrogen and oxygen atoms in total. The summed E-state index contributed by atoms with van der Waals surface area (Å²) in [4.78, 5) is 0. The zero-order valence-corrected chi connectivity index (χ0v) is 67.5. The molecular weight excluding hydrogens is 1950 g/mol. The van der Waals surface area contributed by atoms with E-state index in [2.05, 4.69) is 174 Å². The van der Waals surface area contributed by atoms with Crippen LogP contribution in [0, 0.1) is 61.5 Å². The first kappa shape index (κ1) is 129. The maximum atomic E-state index is 8.49. The van der Waals surface area contributed by atoms with Gasteiger partial charge in [-0.2, -0.15) is 0 Å². The van der Waals surface area contributed by atoms with Gasteiger partial charge in [0.25, 0.3) is 0 Å². The van der Waals surface area contributed by atoms with Gasteiger partial charge < -0.3 is 81.4 Å². The minimum Gasteiger partial charge on any atom is -0.365 e. The molecule has 0 aliphatic rings. The molecule has 18 aromatic heterocycles. The Bertz CT molecular complexity index is 2720. The number of halogens is 6. The van der Waals surface area contributed by atoms with Crippen LogP contribution >= 0.6 is 0 Å². The van der Waals surface area contributed by atoms with Crippen molar-refractivity contribution in [1.82, 2.24) is 92.8 Å². The molecule has 0 saturated heterocycles. The first-order valence-corrected chi connectivity index (χ1v) is 35.3. The van der Waals surface area contributed by atoms with Crippen LogP contribution in [0.15, 0.2) is 415 Å². The summed E-state index contributed by atoms with van der Waals surface area (Å²) >= 11 is 0.